The molecule has 1 aromatic rings. The lowest BCUT2D eigenvalue weighted by Crippen LogP contribution is -3.00. The van der Waals surface area contributed by atoms with Crippen molar-refractivity contribution >= 4 is 25.4 Å². The molecule has 0 saturated heterocycles. The van der Waals surface area contributed by atoms with Crippen molar-refractivity contribution in [3.05, 3.63) is 29.8 Å². The Morgan fingerprint density at radius 3 is 1.94 bits per heavy atom. The van der Waals surface area contributed by atoms with Gasteiger partial charge in [-0.25, -0.2) is 8.42 Å². The molecule has 0 aromatic heterocycles. The molecule has 0 spiro atoms. The van der Waals surface area contributed by atoms with Crippen molar-refractivity contribution in [2.75, 3.05) is 27.4 Å². The summed E-state index contributed by atoms with van der Waals surface area (Å²) < 4.78 is 22.7. The molecule has 0 fully saturated rings. The van der Waals surface area contributed by atoms with E-state index < -0.39 is 8.87 Å². The van der Waals surface area contributed by atoms with E-state index in [0.717, 1.165) is 20.8 Å². The molecule has 0 heterocycles. The van der Waals surface area contributed by atoms with Crippen LogP contribution in [0.1, 0.15) is 5.56 Å². The lowest BCUT2D eigenvalue weighted by atomic mass is 10.2. The van der Waals surface area contributed by atoms with Gasteiger partial charge in [0.2, 0.25) is 0 Å². The molecular formula is C11H18BrNO2S2. The molecule has 0 unspecified atom stereocenters. The quantitative estimate of drug-likeness (QED) is 0.525. The minimum atomic E-state index is -2.95. The minimum absolute atomic E-state index is 0. The highest BCUT2D eigenvalue weighted by atomic mass is 79.9. The first kappa shape index (κ1) is 17.0. The van der Waals surface area contributed by atoms with Crippen molar-refractivity contribution in [3.8, 4) is 0 Å². The fraction of sp³-hybridized carbons (Fsp3) is 0.455. The Balaban J connectivity index is 0.00000256. The summed E-state index contributed by atoms with van der Waals surface area (Å²) in [6.45, 7) is 0. The highest BCUT2D eigenvalue weighted by Crippen LogP contribution is 2.21. The average molecular weight is 340 g/mol. The zero-order valence-electron chi connectivity index (χ0n) is 10.5. The van der Waals surface area contributed by atoms with E-state index in [0.29, 0.717) is 5.75 Å². The Morgan fingerprint density at radius 1 is 1.12 bits per heavy atom. The van der Waals surface area contributed by atoms with Gasteiger partial charge in [0, 0.05) is 12.0 Å². The second-order valence-corrected chi connectivity index (χ2v) is 9.10. The monoisotopic (exact) mass is 339 g/mol. The Hall–Kier alpha value is -0.0400. The summed E-state index contributed by atoms with van der Waals surface area (Å²) in [5, 5.41) is 0. The van der Waals surface area contributed by atoms with E-state index in [2.05, 4.69) is 21.1 Å². The molecule has 0 aliphatic heterocycles. The van der Waals surface area contributed by atoms with E-state index in [1.807, 2.05) is 24.3 Å². The number of nitrogens with zero attached hydrogens (tertiary/aromatic N) is 1. The number of hydrogen-bond donors (Lipinski definition) is 0. The summed E-state index contributed by atoms with van der Waals surface area (Å²) in [6.07, 6.45) is 1.23. The molecule has 0 N–H and O–H groups in total. The SMILES string of the molecule is C[N+](C)(C)c1ccc(CSS(C)(=O)=O)cc1.[Br-]. The van der Waals surface area contributed by atoms with Crippen molar-refractivity contribution in [2.24, 2.45) is 0 Å². The molecule has 0 radical (unpaired) electrons. The molecule has 1 aromatic carbocycles. The van der Waals surface area contributed by atoms with Crippen LogP contribution in [0.15, 0.2) is 24.3 Å². The summed E-state index contributed by atoms with van der Waals surface area (Å²) in [5.74, 6) is 0.510. The van der Waals surface area contributed by atoms with Crippen LogP contribution in [-0.4, -0.2) is 35.8 Å². The molecule has 17 heavy (non-hydrogen) atoms. The van der Waals surface area contributed by atoms with Crippen molar-refractivity contribution in [3.63, 3.8) is 0 Å². The maximum absolute atomic E-state index is 11.0. The van der Waals surface area contributed by atoms with Crippen LogP contribution < -0.4 is 21.5 Å². The first-order valence-electron chi connectivity index (χ1n) is 4.94. The maximum Gasteiger partial charge on any atom is 0.199 e. The average Bonchev–Trinajstić information content (AvgIpc) is 2.13. The number of benzene rings is 1. The van der Waals surface area contributed by atoms with Gasteiger partial charge < -0.3 is 17.0 Å². The van der Waals surface area contributed by atoms with Gasteiger partial charge in [0.15, 0.2) is 8.87 Å². The molecular weight excluding hydrogens is 322 g/mol. The summed E-state index contributed by atoms with van der Waals surface area (Å²) in [4.78, 5) is 0. The normalized spacial score (nSPS) is 12.0. The van der Waals surface area contributed by atoms with Crippen molar-refractivity contribution in [2.45, 2.75) is 5.75 Å². The molecule has 0 bridgehead atoms. The van der Waals surface area contributed by atoms with Crippen LogP contribution in [0.2, 0.25) is 0 Å². The van der Waals surface area contributed by atoms with Gasteiger partial charge >= 0.3 is 0 Å². The summed E-state index contributed by atoms with van der Waals surface area (Å²) in [7, 11) is 4.31. The lowest BCUT2D eigenvalue weighted by Gasteiger charge is -2.23. The third-order valence-corrected chi connectivity index (χ3v) is 4.67. The van der Waals surface area contributed by atoms with Crippen LogP contribution in [0.5, 0.6) is 0 Å². The van der Waals surface area contributed by atoms with Crippen LogP contribution in [-0.2, 0) is 14.6 Å². The second-order valence-electron chi connectivity index (χ2n) is 4.65. The first-order valence-corrected chi connectivity index (χ1v) is 8.33. The minimum Gasteiger partial charge on any atom is -1.00 e. The van der Waals surface area contributed by atoms with Crippen LogP contribution in [0.4, 0.5) is 5.69 Å². The Bertz CT molecular complexity index is 449. The molecule has 0 saturated carbocycles. The van der Waals surface area contributed by atoms with Gasteiger partial charge in [-0.15, -0.1) is 0 Å². The third kappa shape index (κ3) is 6.45. The van der Waals surface area contributed by atoms with Gasteiger partial charge in [0.05, 0.1) is 21.1 Å². The van der Waals surface area contributed by atoms with Crippen LogP contribution in [0, 0.1) is 0 Å². The van der Waals surface area contributed by atoms with Crippen molar-refractivity contribution < 1.29 is 25.4 Å². The fourth-order valence-electron chi connectivity index (χ4n) is 1.21. The van der Waals surface area contributed by atoms with E-state index in [1.165, 1.54) is 11.9 Å². The van der Waals surface area contributed by atoms with E-state index in [4.69, 9.17) is 0 Å². The highest BCUT2D eigenvalue weighted by Gasteiger charge is 2.11. The van der Waals surface area contributed by atoms with Gasteiger partial charge in [-0.2, -0.15) is 0 Å². The van der Waals surface area contributed by atoms with Gasteiger partial charge in [-0.1, -0.05) is 12.1 Å². The number of hydrogen-bond acceptors (Lipinski definition) is 3. The molecule has 98 valence electrons. The van der Waals surface area contributed by atoms with Gasteiger partial charge in [-0.3, -0.25) is 4.48 Å². The summed E-state index contributed by atoms with van der Waals surface area (Å²) in [5.41, 5.74) is 2.24. The largest absolute Gasteiger partial charge is 1.00 e. The van der Waals surface area contributed by atoms with Crippen LogP contribution in [0.3, 0.4) is 0 Å². The smallest absolute Gasteiger partial charge is 0.199 e. The molecule has 0 aliphatic carbocycles. The highest BCUT2D eigenvalue weighted by molar-refractivity contribution is 8.71. The molecule has 3 nitrogen and oxygen atoms in total. The zero-order valence-corrected chi connectivity index (χ0v) is 13.7. The van der Waals surface area contributed by atoms with E-state index in [1.54, 1.807) is 0 Å². The van der Waals surface area contributed by atoms with Gasteiger partial charge in [0.25, 0.3) is 0 Å². The van der Waals surface area contributed by atoms with Crippen molar-refractivity contribution in [1.29, 1.82) is 0 Å². The second kappa shape index (κ2) is 6.22. The number of quaternary nitrogens is 1. The maximum atomic E-state index is 11.0. The Kier molecular flexibility index (Phi) is 6.21. The van der Waals surface area contributed by atoms with E-state index in [-0.39, 0.29) is 17.0 Å². The first-order chi connectivity index (χ1) is 7.18. The van der Waals surface area contributed by atoms with Gasteiger partial charge in [-0.05, 0) is 28.5 Å². The van der Waals surface area contributed by atoms with Crippen LogP contribution >= 0.6 is 10.8 Å². The number of halogens is 1. The predicted octanol–water partition coefficient (Wildman–Crippen LogP) is -0.920. The fourth-order valence-corrected chi connectivity index (χ4v) is 2.81. The molecule has 0 amide bonds. The summed E-state index contributed by atoms with van der Waals surface area (Å²) >= 11 is 0. The standard InChI is InChI=1S/C11H18NO2S2.BrH/c1-12(2,3)11-7-5-10(6-8-11)9-15-16(4,13)14;/h5-8H,9H2,1-4H3;1H/q+1;/p-1. The van der Waals surface area contributed by atoms with Crippen molar-refractivity contribution in [1.82, 2.24) is 4.48 Å². The summed E-state index contributed by atoms with van der Waals surface area (Å²) in [6, 6.07) is 8.05. The lowest BCUT2D eigenvalue weighted by molar-refractivity contribution is -0.00000590. The van der Waals surface area contributed by atoms with Gasteiger partial charge in [0.1, 0.15) is 5.69 Å². The number of rotatable bonds is 4. The Morgan fingerprint density at radius 2 is 1.59 bits per heavy atom. The molecule has 0 aliphatic rings. The third-order valence-electron chi connectivity index (χ3n) is 2.15. The topological polar surface area (TPSA) is 34.1 Å². The molecule has 1 rings (SSSR count). The Labute approximate surface area is 118 Å². The zero-order chi connectivity index (χ0) is 12.4. The van der Waals surface area contributed by atoms with E-state index >= 15 is 0 Å². The van der Waals surface area contributed by atoms with E-state index in [9.17, 15) is 8.42 Å². The predicted molar refractivity (Wildman–Crippen MR) is 72.1 cm³/mol. The molecule has 0 atom stereocenters. The van der Waals surface area contributed by atoms with Crippen LogP contribution in [0.25, 0.3) is 0 Å². The molecule has 6 heteroatoms.